The second-order valence-electron chi connectivity index (χ2n) is 2.55. The van der Waals surface area contributed by atoms with Crippen molar-refractivity contribution in [2.24, 2.45) is 5.92 Å². The maximum atomic E-state index is 7.31. The Bertz CT molecular complexity index is 110. The molecule has 0 radical (unpaired) electrons. The molecule has 0 unspecified atom stereocenters. The summed E-state index contributed by atoms with van der Waals surface area (Å²) in [5, 5.41) is 7.31. The molecule has 1 N–H and O–H groups in total. The lowest BCUT2D eigenvalue weighted by atomic mass is 10.1. The van der Waals surface area contributed by atoms with Gasteiger partial charge in [0, 0.05) is 5.92 Å². The molecule has 1 aliphatic rings. The Kier molecular flexibility index (Phi) is 4.45. The van der Waals surface area contributed by atoms with Gasteiger partial charge in [0.25, 0.3) is 0 Å². The van der Waals surface area contributed by atoms with E-state index >= 15 is 0 Å². The highest BCUT2D eigenvalue weighted by Gasteiger charge is 2.19. The fourth-order valence-electron chi connectivity index (χ4n) is 1.35. The quantitative estimate of drug-likeness (QED) is 0.467. The van der Waals surface area contributed by atoms with Crippen LogP contribution in [0.25, 0.3) is 0 Å². The van der Waals surface area contributed by atoms with Crippen LogP contribution in [0.15, 0.2) is 0 Å². The van der Waals surface area contributed by atoms with E-state index in [2.05, 4.69) is 0 Å². The van der Waals surface area contributed by atoms with Crippen LogP contribution in [0.2, 0.25) is 0 Å². The van der Waals surface area contributed by atoms with E-state index in [4.69, 9.17) is 10.1 Å². The van der Waals surface area contributed by atoms with Gasteiger partial charge in [-0.05, 0) is 12.8 Å². The molecule has 1 saturated carbocycles. The second-order valence-corrected chi connectivity index (χ2v) is 2.55. The minimum Gasteiger partial charge on any atom is -0.484 e. The summed E-state index contributed by atoms with van der Waals surface area (Å²) in [5.74, 6) is 0.919. The Labute approximate surface area is 67.9 Å². The molecule has 1 aliphatic carbocycles. The number of nitrogens with one attached hydrogen (secondary N) is 1. The van der Waals surface area contributed by atoms with Crippen LogP contribution in [0, 0.1) is 11.3 Å². The third-order valence-corrected chi connectivity index (χ3v) is 1.95. The molecule has 0 aromatic heterocycles. The highest BCUT2D eigenvalue weighted by molar-refractivity contribution is 5.85. The molecule has 0 bridgehead atoms. The van der Waals surface area contributed by atoms with Gasteiger partial charge in [-0.1, -0.05) is 12.8 Å². The van der Waals surface area contributed by atoms with Gasteiger partial charge in [0.2, 0.25) is 0 Å². The van der Waals surface area contributed by atoms with Crippen LogP contribution in [-0.2, 0) is 4.74 Å². The van der Waals surface area contributed by atoms with Crippen LogP contribution in [0.3, 0.4) is 0 Å². The summed E-state index contributed by atoms with van der Waals surface area (Å²) in [5.41, 5.74) is 0. The molecule has 0 amide bonds. The smallest absolute Gasteiger partial charge is 0.183 e. The van der Waals surface area contributed by atoms with Crippen molar-refractivity contribution in [2.75, 3.05) is 7.11 Å². The van der Waals surface area contributed by atoms with Gasteiger partial charge in [-0.15, -0.1) is 12.4 Å². The molecule has 0 aromatic carbocycles. The number of ether oxygens (including phenoxy) is 1. The van der Waals surface area contributed by atoms with Gasteiger partial charge in [0.15, 0.2) is 5.90 Å². The zero-order valence-corrected chi connectivity index (χ0v) is 7.04. The molecule has 3 heteroatoms. The summed E-state index contributed by atoms with van der Waals surface area (Å²) in [7, 11) is 1.58. The van der Waals surface area contributed by atoms with Crippen LogP contribution in [0.4, 0.5) is 0 Å². The number of hydrogen-bond acceptors (Lipinski definition) is 2. The molecule has 10 heavy (non-hydrogen) atoms. The molecule has 0 atom stereocenters. The highest BCUT2D eigenvalue weighted by Crippen LogP contribution is 2.25. The first-order chi connectivity index (χ1) is 4.34. The lowest BCUT2D eigenvalue weighted by Gasteiger charge is -2.07. The Balaban J connectivity index is 0.000000810. The molecule has 1 fully saturated rings. The van der Waals surface area contributed by atoms with Gasteiger partial charge < -0.3 is 4.74 Å². The average molecular weight is 164 g/mol. The Morgan fingerprint density at radius 3 is 2.30 bits per heavy atom. The van der Waals surface area contributed by atoms with Crippen molar-refractivity contribution >= 4 is 18.3 Å². The Morgan fingerprint density at radius 2 is 1.90 bits per heavy atom. The standard InChI is InChI=1S/C7H13NO.ClH/c1-9-7(8)6-4-2-3-5-6;/h6,8H,2-5H2,1H3;1H. The molecule has 1 rings (SSSR count). The molecule has 0 saturated heterocycles. The first-order valence-corrected chi connectivity index (χ1v) is 3.47. The normalized spacial score (nSPS) is 18.1. The van der Waals surface area contributed by atoms with Crippen LogP contribution in [-0.4, -0.2) is 13.0 Å². The fourth-order valence-corrected chi connectivity index (χ4v) is 1.35. The Hall–Kier alpha value is -0.240. The van der Waals surface area contributed by atoms with Gasteiger partial charge in [-0.3, -0.25) is 5.41 Å². The van der Waals surface area contributed by atoms with Crippen LogP contribution in [0.5, 0.6) is 0 Å². The van der Waals surface area contributed by atoms with E-state index in [0.717, 1.165) is 12.8 Å². The van der Waals surface area contributed by atoms with E-state index in [9.17, 15) is 0 Å². The molecular weight excluding hydrogens is 150 g/mol. The van der Waals surface area contributed by atoms with Gasteiger partial charge >= 0.3 is 0 Å². The van der Waals surface area contributed by atoms with Gasteiger partial charge in [0.05, 0.1) is 7.11 Å². The summed E-state index contributed by atoms with van der Waals surface area (Å²) in [6.07, 6.45) is 4.87. The van der Waals surface area contributed by atoms with E-state index in [1.54, 1.807) is 7.11 Å². The molecule has 0 heterocycles. The van der Waals surface area contributed by atoms with Gasteiger partial charge in [0.1, 0.15) is 0 Å². The molecule has 60 valence electrons. The third kappa shape index (κ3) is 2.18. The minimum atomic E-state index is 0. The molecular formula is C7H14ClNO. The topological polar surface area (TPSA) is 33.1 Å². The first kappa shape index (κ1) is 9.76. The van der Waals surface area contributed by atoms with Crippen molar-refractivity contribution in [3.8, 4) is 0 Å². The maximum absolute atomic E-state index is 7.31. The molecule has 0 spiro atoms. The zero-order valence-electron chi connectivity index (χ0n) is 6.22. The zero-order chi connectivity index (χ0) is 6.69. The predicted octanol–water partition coefficient (Wildman–Crippen LogP) is 2.22. The van der Waals surface area contributed by atoms with E-state index in [-0.39, 0.29) is 12.4 Å². The van der Waals surface area contributed by atoms with Gasteiger partial charge in [-0.2, -0.15) is 0 Å². The number of halogens is 1. The predicted molar refractivity (Wildman–Crippen MR) is 43.9 cm³/mol. The number of methoxy groups -OCH3 is 1. The van der Waals surface area contributed by atoms with Crippen molar-refractivity contribution in [2.45, 2.75) is 25.7 Å². The van der Waals surface area contributed by atoms with E-state index in [1.807, 2.05) is 0 Å². The van der Waals surface area contributed by atoms with Gasteiger partial charge in [-0.25, -0.2) is 0 Å². The Morgan fingerprint density at radius 1 is 1.40 bits per heavy atom. The monoisotopic (exact) mass is 163 g/mol. The number of rotatable bonds is 1. The van der Waals surface area contributed by atoms with Crippen molar-refractivity contribution in [1.82, 2.24) is 0 Å². The summed E-state index contributed by atoms with van der Waals surface area (Å²) >= 11 is 0. The first-order valence-electron chi connectivity index (χ1n) is 3.47. The molecule has 0 aromatic rings. The van der Waals surface area contributed by atoms with Crippen molar-refractivity contribution in [3.63, 3.8) is 0 Å². The maximum Gasteiger partial charge on any atom is 0.183 e. The van der Waals surface area contributed by atoms with Crippen molar-refractivity contribution in [1.29, 1.82) is 5.41 Å². The highest BCUT2D eigenvalue weighted by atomic mass is 35.5. The lowest BCUT2D eigenvalue weighted by Crippen LogP contribution is -2.10. The second kappa shape index (κ2) is 4.56. The molecule has 2 nitrogen and oxygen atoms in total. The minimum absolute atomic E-state index is 0. The summed E-state index contributed by atoms with van der Waals surface area (Å²) in [4.78, 5) is 0. The number of hydrogen-bond donors (Lipinski definition) is 1. The SMILES string of the molecule is COC(=N)C1CCCC1.Cl. The average Bonchev–Trinajstić information content (AvgIpc) is 2.37. The molecule has 0 aliphatic heterocycles. The van der Waals surface area contributed by atoms with Crippen molar-refractivity contribution < 1.29 is 4.74 Å². The van der Waals surface area contributed by atoms with Crippen LogP contribution < -0.4 is 0 Å². The summed E-state index contributed by atoms with van der Waals surface area (Å²) < 4.78 is 4.82. The lowest BCUT2D eigenvalue weighted by molar-refractivity contribution is 0.361. The van der Waals surface area contributed by atoms with E-state index in [1.165, 1.54) is 12.8 Å². The summed E-state index contributed by atoms with van der Waals surface area (Å²) in [6, 6.07) is 0. The van der Waals surface area contributed by atoms with Crippen LogP contribution >= 0.6 is 12.4 Å². The summed E-state index contributed by atoms with van der Waals surface area (Å²) in [6.45, 7) is 0. The largest absolute Gasteiger partial charge is 0.484 e. The van der Waals surface area contributed by atoms with Crippen molar-refractivity contribution in [3.05, 3.63) is 0 Å². The third-order valence-electron chi connectivity index (χ3n) is 1.95. The van der Waals surface area contributed by atoms with E-state index < -0.39 is 0 Å². The van der Waals surface area contributed by atoms with Crippen LogP contribution in [0.1, 0.15) is 25.7 Å². The fraction of sp³-hybridized carbons (Fsp3) is 0.857. The van der Waals surface area contributed by atoms with E-state index in [0.29, 0.717) is 11.8 Å².